The van der Waals surface area contributed by atoms with E-state index in [2.05, 4.69) is 13.8 Å². The minimum absolute atomic E-state index is 0.0261. The molecule has 0 aliphatic heterocycles. The van der Waals surface area contributed by atoms with Gasteiger partial charge in [0.1, 0.15) is 0 Å². The van der Waals surface area contributed by atoms with E-state index in [4.69, 9.17) is 5.73 Å². The molecule has 0 unspecified atom stereocenters. The molecule has 2 N–H and O–H groups in total. The normalized spacial score (nSPS) is 11.5. The highest BCUT2D eigenvalue weighted by molar-refractivity contribution is 7.08. The maximum Gasteiger partial charge on any atom is 0.254 e. The molecule has 0 radical (unpaired) electrons. The van der Waals surface area contributed by atoms with Crippen molar-refractivity contribution in [1.29, 1.82) is 0 Å². The summed E-state index contributed by atoms with van der Waals surface area (Å²) in [5, 5.41) is 3.82. The average Bonchev–Trinajstić information content (AvgIpc) is 2.78. The van der Waals surface area contributed by atoms with E-state index in [-0.39, 0.29) is 11.3 Å². The first kappa shape index (κ1) is 13.2. The van der Waals surface area contributed by atoms with Crippen LogP contribution in [0, 0.1) is 5.41 Å². The molecule has 0 spiro atoms. The van der Waals surface area contributed by atoms with Crippen molar-refractivity contribution in [3.63, 3.8) is 0 Å². The molecule has 1 amide bonds. The third-order valence-electron chi connectivity index (χ3n) is 2.61. The molecule has 1 aromatic heterocycles. The van der Waals surface area contributed by atoms with Crippen LogP contribution in [0.2, 0.25) is 0 Å². The van der Waals surface area contributed by atoms with Crippen molar-refractivity contribution in [2.75, 3.05) is 19.6 Å². The van der Waals surface area contributed by atoms with Crippen molar-refractivity contribution < 1.29 is 4.79 Å². The van der Waals surface area contributed by atoms with Crippen LogP contribution < -0.4 is 5.73 Å². The minimum Gasteiger partial charge on any atom is -0.338 e. The third kappa shape index (κ3) is 3.32. The van der Waals surface area contributed by atoms with Crippen molar-refractivity contribution in [2.45, 2.75) is 20.8 Å². The molecule has 0 aliphatic rings. The topological polar surface area (TPSA) is 46.3 Å². The predicted molar refractivity (Wildman–Crippen MR) is 68.7 cm³/mol. The number of nitrogens with zero attached hydrogens (tertiary/aromatic N) is 1. The molecule has 1 heterocycles. The van der Waals surface area contributed by atoms with Crippen molar-refractivity contribution in [1.82, 2.24) is 4.90 Å². The van der Waals surface area contributed by atoms with Gasteiger partial charge in [-0.15, -0.1) is 0 Å². The summed E-state index contributed by atoms with van der Waals surface area (Å²) in [4.78, 5) is 14.0. The fourth-order valence-corrected chi connectivity index (χ4v) is 2.11. The zero-order chi connectivity index (χ0) is 12.2. The number of carbonyl (C=O) groups is 1. The van der Waals surface area contributed by atoms with Crippen molar-refractivity contribution >= 4 is 17.2 Å². The van der Waals surface area contributed by atoms with E-state index in [0.29, 0.717) is 13.1 Å². The fourth-order valence-electron chi connectivity index (χ4n) is 1.48. The number of carbonyl (C=O) groups excluding carboxylic acids is 1. The van der Waals surface area contributed by atoms with Crippen molar-refractivity contribution in [2.24, 2.45) is 11.1 Å². The molecule has 0 atom stereocenters. The zero-order valence-corrected chi connectivity index (χ0v) is 11.0. The van der Waals surface area contributed by atoms with E-state index in [1.807, 2.05) is 28.7 Å². The first-order chi connectivity index (χ1) is 7.50. The monoisotopic (exact) mass is 240 g/mol. The Hall–Kier alpha value is -0.870. The van der Waals surface area contributed by atoms with Crippen LogP contribution in [0.1, 0.15) is 31.1 Å². The van der Waals surface area contributed by atoms with Crippen LogP contribution in [-0.4, -0.2) is 30.4 Å². The Balaban J connectivity index is 2.72. The molecule has 4 heteroatoms. The number of nitrogens with two attached hydrogens (primary N) is 1. The second-order valence-corrected chi connectivity index (χ2v) is 5.48. The van der Waals surface area contributed by atoms with Gasteiger partial charge in [-0.1, -0.05) is 13.8 Å². The summed E-state index contributed by atoms with van der Waals surface area (Å²) in [7, 11) is 0. The van der Waals surface area contributed by atoms with Crippen LogP contribution in [0.5, 0.6) is 0 Å². The van der Waals surface area contributed by atoms with Gasteiger partial charge in [-0.05, 0) is 30.3 Å². The van der Waals surface area contributed by atoms with Crippen LogP contribution in [0.15, 0.2) is 16.8 Å². The first-order valence-electron chi connectivity index (χ1n) is 5.51. The number of thiophene rings is 1. The summed E-state index contributed by atoms with van der Waals surface area (Å²) in [6.07, 6.45) is 0. The lowest BCUT2D eigenvalue weighted by molar-refractivity contribution is 0.0701. The van der Waals surface area contributed by atoms with E-state index in [9.17, 15) is 4.79 Å². The fraction of sp³-hybridized carbons (Fsp3) is 0.583. The summed E-state index contributed by atoms with van der Waals surface area (Å²) < 4.78 is 0. The standard InChI is InChI=1S/C12H20N2OS/c1-4-14(9-12(2,3)8-13)11(15)10-5-6-16-7-10/h5-7H,4,8-9,13H2,1-3H3. The molecule has 0 aliphatic carbocycles. The van der Waals surface area contributed by atoms with Gasteiger partial charge in [-0.3, -0.25) is 4.79 Å². The van der Waals surface area contributed by atoms with Crippen LogP contribution >= 0.6 is 11.3 Å². The SMILES string of the molecule is CCN(CC(C)(C)CN)C(=O)c1ccsc1. The molecule has 90 valence electrons. The number of amides is 1. The quantitative estimate of drug-likeness (QED) is 0.857. The van der Waals surface area contributed by atoms with Gasteiger partial charge >= 0.3 is 0 Å². The molecule has 0 saturated carbocycles. The number of hydrogen-bond donors (Lipinski definition) is 1. The lowest BCUT2D eigenvalue weighted by Gasteiger charge is -2.30. The Morgan fingerprint density at radius 1 is 1.56 bits per heavy atom. The second kappa shape index (κ2) is 5.46. The smallest absolute Gasteiger partial charge is 0.254 e. The Bertz CT molecular complexity index is 333. The Morgan fingerprint density at radius 3 is 2.69 bits per heavy atom. The third-order valence-corrected chi connectivity index (χ3v) is 3.29. The number of rotatable bonds is 5. The van der Waals surface area contributed by atoms with Crippen LogP contribution in [0.4, 0.5) is 0 Å². The molecule has 0 bridgehead atoms. The van der Waals surface area contributed by atoms with Crippen LogP contribution in [-0.2, 0) is 0 Å². The van der Waals surface area contributed by atoms with E-state index < -0.39 is 0 Å². The Kier molecular flexibility index (Phi) is 4.50. The predicted octanol–water partition coefficient (Wildman–Crippen LogP) is 2.20. The average molecular weight is 240 g/mol. The van der Waals surface area contributed by atoms with E-state index in [1.54, 1.807) is 11.3 Å². The highest BCUT2D eigenvalue weighted by Gasteiger charge is 2.23. The van der Waals surface area contributed by atoms with Gasteiger partial charge in [0.05, 0.1) is 5.56 Å². The summed E-state index contributed by atoms with van der Waals surface area (Å²) in [5.74, 6) is 0.102. The largest absolute Gasteiger partial charge is 0.338 e. The van der Waals surface area contributed by atoms with Crippen molar-refractivity contribution in [3.05, 3.63) is 22.4 Å². The Morgan fingerprint density at radius 2 is 2.25 bits per heavy atom. The van der Waals surface area contributed by atoms with Crippen LogP contribution in [0.3, 0.4) is 0 Å². The lowest BCUT2D eigenvalue weighted by Crippen LogP contribution is -2.41. The molecule has 1 rings (SSSR count). The lowest BCUT2D eigenvalue weighted by atomic mass is 9.93. The van der Waals surface area contributed by atoms with E-state index in [1.165, 1.54) is 0 Å². The molecule has 3 nitrogen and oxygen atoms in total. The van der Waals surface area contributed by atoms with Gasteiger partial charge in [0.2, 0.25) is 0 Å². The van der Waals surface area contributed by atoms with Gasteiger partial charge < -0.3 is 10.6 Å². The molecule has 0 fully saturated rings. The molecule has 0 saturated heterocycles. The number of hydrogen-bond acceptors (Lipinski definition) is 3. The molecular formula is C12H20N2OS. The van der Waals surface area contributed by atoms with Crippen LogP contribution in [0.25, 0.3) is 0 Å². The van der Waals surface area contributed by atoms with Gasteiger partial charge in [0.25, 0.3) is 5.91 Å². The van der Waals surface area contributed by atoms with Gasteiger partial charge in [0.15, 0.2) is 0 Å². The maximum atomic E-state index is 12.1. The first-order valence-corrected chi connectivity index (χ1v) is 6.46. The van der Waals surface area contributed by atoms with Gasteiger partial charge in [-0.25, -0.2) is 0 Å². The highest BCUT2D eigenvalue weighted by Crippen LogP contribution is 2.17. The maximum absolute atomic E-state index is 12.1. The Labute approximate surface area is 101 Å². The highest BCUT2D eigenvalue weighted by atomic mass is 32.1. The molecule has 0 aromatic carbocycles. The van der Waals surface area contributed by atoms with E-state index >= 15 is 0 Å². The summed E-state index contributed by atoms with van der Waals surface area (Å²) in [5.41, 5.74) is 6.44. The van der Waals surface area contributed by atoms with Gasteiger partial charge in [-0.2, -0.15) is 11.3 Å². The minimum atomic E-state index is -0.0261. The molecule has 16 heavy (non-hydrogen) atoms. The van der Waals surface area contributed by atoms with Crippen molar-refractivity contribution in [3.8, 4) is 0 Å². The summed E-state index contributed by atoms with van der Waals surface area (Å²) in [6, 6.07) is 1.87. The molecule has 1 aromatic rings. The summed E-state index contributed by atoms with van der Waals surface area (Å²) in [6.45, 7) is 8.16. The zero-order valence-electron chi connectivity index (χ0n) is 10.2. The second-order valence-electron chi connectivity index (χ2n) is 4.70. The van der Waals surface area contributed by atoms with E-state index in [0.717, 1.165) is 12.1 Å². The van der Waals surface area contributed by atoms with Gasteiger partial charge in [0, 0.05) is 18.5 Å². The summed E-state index contributed by atoms with van der Waals surface area (Å²) >= 11 is 1.55. The molecular weight excluding hydrogens is 220 g/mol.